The van der Waals surface area contributed by atoms with E-state index >= 15 is 0 Å². The van der Waals surface area contributed by atoms with Gasteiger partial charge in [-0.3, -0.25) is 9.59 Å². The number of amides is 2. The molecule has 0 saturated heterocycles. The lowest BCUT2D eigenvalue weighted by Crippen LogP contribution is -2.48. The molecule has 7 heteroatoms. The molecule has 0 heterocycles. The molecular weight excluding hydrogens is 294 g/mol. The molecule has 7 nitrogen and oxygen atoms in total. The molecule has 0 aromatic heterocycles. The highest BCUT2D eigenvalue weighted by atomic mass is 16.2. The number of guanidine groups is 1. The average Bonchev–Trinajstić information content (AvgIpc) is 2.33. The van der Waals surface area contributed by atoms with E-state index in [4.69, 9.17) is 0 Å². The molecule has 132 valence electrons. The Hall–Kier alpha value is -2.05. The van der Waals surface area contributed by atoms with Gasteiger partial charge >= 0.3 is 0 Å². The van der Waals surface area contributed by atoms with Crippen molar-refractivity contribution in [3.8, 4) is 0 Å². The average molecular weight is 325 g/mol. The first-order chi connectivity index (χ1) is 10.4. The third-order valence-electron chi connectivity index (χ3n) is 2.24. The second kappa shape index (κ2) is 9.17. The Morgan fingerprint density at radius 1 is 0.957 bits per heavy atom. The number of nitrogens with one attached hydrogen (secondary N) is 4. The molecule has 4 N–H and O–H groups in total. The molecule has 2 amide bonds. The summed E-state index contributed by atoms with van der Waals surface area (Å²) >= 11 is 0. The topological polar surface area (TPSA) is 94.6 Å². The third-order valence-corrected chi connectivity index (χ3v) is 2.24. The molecule has 0 radical (unpaired) electrons. The number of aliphatic imine (C=N–C) groups is 1. The minimum Gasteiger partial charge on any atom is -0.353 e. The van der Waals surface area contributed by atoms with E-state index in [1.807, 2.05) is 41.5 Å². The number of carbonyl (C=O) groups excluding carboxylic acids is 2. The minimum absolute atomic E-state index is 0.0232. The summed E-state index contributed by atoms with van der Waals surface area (Å²) in [6, 6.07) is 0. The summed E-state index contributed by atoms with van der Waals surface area (Å²) in [5.41, 5.74) is -0.599. The van der Waals surface area contributed by atoms with Crippen molar-refractivity contribution >= 4 is 17.8 Å². The smallest absolute Gasteiger partial charge is 0.242 e. The maximum atomic E-state index is 11.8. The SMILES string of the molecule is C=CCNC(=NCC(=O)NC(C)(C)C)NCC(=O)NC(C)(C)C. The first-order valence-electron chi connectivity index (χ1n) is 7.68. The lowest BCUT2D eigenvalue weighted by atomic mass is 10.1. The van der Waals surface area contributed by atoms with E-state index in [-0.39, 0.29) is 36.0 Å². The number of carbonyl (C=O) groups is 2. The van der Waals surface area contributed by atoms with Crippen LogP contribution >= 0.6 is 0 Å². The van der Waals surface area contributed by atoms with Crippen LogP contribution in [0.1, 0.15) is 41.5 Å². The predicted octanol–water partition coefficient (Wildman–Crippen LogP) is 0.537. The molecule has 0 aliphatic heterocycles. The number of rotatable bonds is 6. The van der Waals surface area contributed by atoms with Gasteiger partial charge < -0.3 is 21.3 Å². The van der Waals surface area contributed by atoms with Crippen LogP contribution in [0, 0.1) is 0 Å². The van der Waals surface area contributed by atoms with Crippen LogP contribution in [-0.2, 0) is 9.59 Å². The molecule has 23 heavy (non-hydrogen) atoms. The van der Waals surface area contributed by atoms with E-state index in [1.165, 1.54) is 0 Å². The van der Waals surface area contributed by atoms with Crippen LogP contribution in [0.15, 0.2) is 17.6 Å². The van der Waals surface area contributed by atoms with Crippen LogP contribution in [0.3, 0.4) is 0 Å². The molecule has 0 unspecified atom stereocenters. The van der Waals surface area contributed by atoms with E-state index in [0.29, 0.717) is 12.5 Å². The zero-order valence-electron chi connectivity index (χ0n) is 15.2. The second-order valence-electron chi connectivity index (χ2n) is 7.28. The van der Waals surface area contributed by atoms with Crippen molar-refractivity contribution < 1.29 is 9.59 Å². The summed E-state index contributed by atoms with van der Waals surface area (Å²) in [5.74, 6) is 0.0547. The molecule has 0 aromatic rings. The monoisotopic (exact) mass is 325 g/mol. The van der Waals surface area contributed by atoms with Crippen molar-refractivity contribution in [1.29, 1.82) is 0 Å². The van der Waals surface area contributed by atoms with Gasteiger partial charge in [-0.25, -0.2) is 4.99 Å². The summed E-state index contributed by atoms with van der Waals surface area (Å²) in [5, 5.41) is 11.5. The normalized spacial score (nSPS) is 12.3. The summed E-state index contributed by atoms with van der Waals surface area (Å²) in [6.45, 7) is 15.6. The Morgan fingerprint density at radius 2 is 1.48 bits per heavy atom. The number of hydrogen-bond donors (Lipinski definition) is 4. The predicted molar refractivity (Wildman–Crippen MR) is 94.3 cm³/mol. The maximum Gasteiger partial charge on any atom is 0.242 e. The third kappa shape index (κ3) is 13.3. The molecule has 0 aliphatic carbocycles. The summed E-state index contributed by atoms with van der Waals surface area (Å²) in [4.78, 5) is 27.8. The van der Waals surface area contributed by atoms with E-state index in [0.717, 1.165) is 0 Å². The lowest BCUT2D eigenvalue weighted by Gasteiger charge is -2.21. The molecule has 0 aromatic carbocycles. The van der Waals surface area contributed by atoms with Gasteiger partial charge in [0, 0.05) is 17.6 Å². The first kappa shape index (κ1) is 20.9. The lowest BCUT2D eigenvalue weighted by molar-refractivity contribution is -0.122. The van der Waals surface area contributed by atoms with Crippen LogP contribution in [-0.4, -0.2) is 48.5 Å². The van der Waals surface area contributed by atoms with Gasteiger partial charge in [0.15, 0.2) is 5.96 Å². The van der Waals surface area contributed by atoms with Gasteiger partial charge in [-0.05, 0) is 41.5 Å². The van der Waals surface area contributed by atoms with Gasteiger partial charge in [-0.1, -0.05) is 6.08 Å². The van der Waals surface area contributed by atoms with Gasteiger partial charge in [-0.15, -0.1) is 6.58 Å². The maximum absolute atomic E-state index is 11.8. The van der Waals surface area contributed by atoms with Crippen molar-refractivity contribution in [1.82, 2.24) is 21.3 Å². The van der Waals surface area contributed by atoms with Gasteiger partial charge in [0.1, 0.15) is 6.54 Å². The fraction of sp³-hybridized carbons (Fsp3) is 0.688. The van der Waals surface area contributed by atoms with E-state index in [1.54, 1.807) is 6.08 Å². The van der Waals surface area contributed by atoms with Gasteiger partial charge in [0.05, 0.1) is 6.54 Å². The summed E-state index contributed by atoms with van der Waals surface area (Å²) in [7, 11) is 0. The van der Waals surface area contributed by atoms with Crippen LogP contribution in [0.25, 0.3) is 0 Å². The van der Waals surface area contributed by atoms with Gasteiger partial charge in [0.2, 0.25) is 11.8 Å². The Bertz CT molecular complexity index is 444. The molecule has 0 atom stereocenters. The number of hydrogen-bond acceptors (Lipinski definition) is 3. The van der Waals surface area contributed by atoms with Gasteiger partial charge in [0.25, 0.3) is 0 Å². The van der Waals surface area contributed by atoms with Crippen molar-refractivity contribution in [2.45, 2.75) is 52.6 Å². The Kier molecular flexibility index (Phi) is 8.35. The van der Waals surface area contributed by atoms with Crippen LogP contribution in [0.2, 0.25) is 0 Å². The fourth-order valence-electron chi connectivity index (χ4n) is 1.58. The molecular formula is C16H31N5O2. The highest BCUT2D eigenvalue weighted by Gasteiger charge is 2.15. The van der Waals surface area contributed by atoms with Gasteiger partial charge in [-0.2, -0.15) is 0 Å². The Balaban J connectivity index is 4.56. The van der Waals surface area contributed by atoms with E-state index in [9.17, 15) is 9.59 Å². The van der Waals surface area contributed by atoms with Crippen LogP contribution in [0.4, 0.5) is 0 Å². The molecule has 0 rings (SSSR count). The van der Waals surface area contributed by atoms with Crippen LogP contribution in [0.5, 0.6) is 0 Å². The first-order valence-corrected chi connectivity index (χ1v) is 7.68. The fourth-order valence-corrected chi connectivity index (χ4v) is 1.58. The highest BCUT2D eigenvalue weighted by molar-refractivity contribution is 5.88. The van der Waals surface area contributed by atoms with E-state index in [2.05, 4.69) is 32.8 Å². The van der Waals surface area contributed by atoms with E-state index < -0.39 is 0 Å². The molecule has 0 spiro atoms. The Labute approximate surface area is 139 Å². The standard InChI is InChI=1S/C16H31N5O2/c1-8-9-17-14(18-10-12(22)20-15(2,3)4)19-11-13(23)21-16(5,6)7/h8H,1,9-11H2,2-7H3,(H,20,22)(H,21,23)(H2,17,18,19). The Morgan fingerprint density at radius 3 is 1.96 bits per heavy atom. The van der Waals surface area contributed by atoms with Crippen molar-refractivity contribution in [2.24, 2.45) is 4.99 Å². The molecule has 0 saturated carbocycles. The second-order valence-corrected chi connectivity index (χ2v) is 7.28. The minimum atomic E-state index is -0.304. The molecule has 0 fully saturated rings. The zero-order chi connectivity index (χ0) is 18.1. The molecule has 0 bridgehead atoms. The van der Waals surface area contributed by atoms with Crippen molar-refractivity contribution in [2.75, 3.05) is 19.6 Å². The largest absolute Gasteiger partial charge is 0.353 e. The van der Waals surface area contributed by atoms with Crippen molar-refractivity contribution in [3.05, 3.63) is 12.7 Å². The molecule has 0 aliphatic rings. The zero-order valence-corrected chi connectivity index (χ0v) is 15.2. The highest BCUT2D eigenvalue weighted by Crippen LogP contribution is 1.98. The summed E-state index contributed by atoms with van der Waals surface area (Å²) in [6.07, 6.45) is 1.67. The quantitative estimate of drug-likeness (QED) is 0.326. The van der Waals surface area contributed by atoms with Crippen LogP contribution < -0.4 is 21.3 Å². The number of nitrogens with zero attached hydrogens (tertiary/aromatic N) is 1. The summed E-state index contributed by atoms with van der Waals surface area (Å²) < 4.78 is 0. The van der Waals surface area contributed by atoms with Crippen molar-refractivity contribution in [3.63, 3.8) is 0 Å².